The van der Waals surface area contributed by atoms with E-state index < -0.39 is 41.1 Å². The fraction of sp³-hybridized carbons (Fsp3) is 0.464. The highest BCUT2D eigenvalue weighted by molar-refractivity contribution is 6.27. The molecular formula is C28H29F3N4O5. The number of amides is 1. The summed E-state index contributed by atoms with van der Waals surface area (Å²) in [5, 5.41) is 12.9. The molecule has 2 aliphatic carbocycles. The van der Waals surface area contributed by atoms with E-state index in [0.29, 0.717) is 0 Å². The fourth-order valence-electron chi connectivity index (χ4n) is 6.10. The first-order valence-electron chi connectivity index (χ1n) is 13.4. The van der Waals surface area contributed by atoms with E-state index in [1.54, 1.807) is 0 Å². The number of aromatic amines is 1. The highest BCUT2D eigenvalue weighted by atomic mass is 19.4. The van der Waals surface area contributed by atoms with Gasteiger partial charge in [0.05, 0.1) is 17.5 Å². The lowest BCUT2D eigenvalue weighted by Crippen LogP contribution is -2.40. The summed E-state index contributed by atoms with van der Waals surface area (Å²) in [6.45, 7) is 0. The van der Waals surface area contributed by atoms with Crippen LogP contribution in [0.25, 0.3) is 21.5 Å². The molecule has 0 unspecified atom stereocenters. The lowest BCUT2D eigenvalue weighted by atomic mass is 9.85. The van der Waals surface area contributed by atoms with Crippen molar-refractivity contribution in [3.8, 4) is 0 Å². The Bertz CT molecular complexity index is 1620. The predicted octanol–water partition coefficient (Wildman–Crippen LogP) is 4.07. The third kappa shape index (κ3) is 5.14. The number of benzene rings is 2. The number of alkyl halides is 3. The van der Waals surface area contributed by atoms with Crippen LogP contribution in [0.3, 0.4) is 0 Å². The first-order valence-corrected chi connectivity index (χ1v) is 13.4. The number of nitrogens with two attached hydrogens (primary N) is 1. The molecule has 2 aromatic carbocycles. The van der Waals surface area contributed by atoms with Crippen LogP contribution in [0.15, 0.2) is 32.8 Å². The second-order valence-electron chi connectivity index (χ2n) is 10.7. The summed E-state index contributed by atoms with van der Waals surface area (Å²) in [6.07, 6.45) is 0.0954. The van der Waals surface area contributed by atoms with Crippen molar-refractivity contribution in [1.29, 1.82) is 0 Å². The average molecular weight is 559 g/mol. The maximum Gasteiger partial charge on any atom is 0.391 e. The second-order valence-corrected chi connectivity index (χ2v) is 10.7. The van der Waals surface area contributed by atoms with Gasteiger partial charge in [0.1, 0.15) is 5.84 Å². The third-order valence-electron chi connectivity index (χ3n) is 8.15. The fourth-order valence-corrected chi connectivity index (χ4v) is 6.10. The zero-order chi connectivity index (χ0) is 28.8. The highest BCUT2D eigenvalue weighted by Gasteiger charge is 2.41. The van der Waals surface area contributed by atoms with Gasteiger partial charge < -0.3 is 16.2 Å². The van der Waals surface area contributed by atoms with Crippen molar-refractivity contribution in [1.82, 2.24) is 10.3 Å². The molecule has 212 valence electrons. The van der Waals surface area contributed by atoms with Crippen molar-refractivity contribution >= 4 is 39.3 Å². The Hall–Kier alpha value is -3.96. The SMILES string of the molecule is NC(=NC1CCCCC1)c1c(C(=O)O)cc(C(=O)NC2CCC(C(F)(F)F)CC2)c2c3ccc(c(=O)[nH]c3=O)c12. The van der Waals surface area contributed by atoms with E-state index in [-0.39, 0.29) is 75.8 Å². The Morgan fingerprint density at radius 2 is 1.52 bits per heavy atom. The van der Waals surface area contributed by atoms with Crippen LogP contribution < -0.4 is 22.2 Å². The minimum Gasteiger partial charge on any atom is -0.478 e. The molecule has 0 atom stereocenters. The molecule has 0 spiro atoms. The molecule has 0 saturated heterocycles. The van der Waals surface area contributed by atoms with Crippen LogP contribution in [0.4, 0.5) is 13.2 Å². The number of rotatable bonds is 5. The molecule has 2 bridgehead atoms. The van der Waals surface area contributed by atoms with Crippen molar-refractivity contribution in [2.75, 3.05) is 0 Å². The number of aliphatic imine (C=N–C) groups is 1. The van der Waals surface area contributed by atoms with Crippen LogP contribution in [0.1, 0.15) is 84.1 Å². The molecule has 1 amide bonds. The third-order valence-corrected chi connectivity index (χ3v) is 8.15. The maximum atomic E-state index is 13.6. The van der Waals surface area contributed by atoms with E-state index in [2.05, 4.69) is 15.3 Å². The number of amidine groups is 1. The van der Waals surface area contributed by atoms with Crippen LogP contribution in [0, 0.1) is 5.92 Å². The van der Waals surface area contributed by atoms with Crippen LogP contribution >= 0.6 is 0 Å². The Labute approximate surface area is 226 Å². The number of carboxylic acid groups (broad SMARTS) is 1. The van der Waals surface area contributed by atoms with Gasteiger partial charge in [-0.05, 0) is 56.7 Å². The zero-order valence-corrected chi connectivity index (χ0v) is 21.6. The van der Waals surface area contributed by atoms with E-state index >= 15 is 0 Å². The summed E-state index contributed by atoms with van der Waals surface area (Å²) in [6, 6.07) is 3.16. The molecule has 2 heterocycles. The molecular weight excluding hydrogens is 529 g/mol. The van der Waals surface area contributed by atoms with Crippen molar-refractivity contribution in [3.63, 3.8) is 0 Å². The van der Waals surface area contributed by atoms with Crippen LogP contribution in [-0.2, 0) is 0 Å². The minimum absolute atomic E-state index is 0.0285. The van der Waals surface area contributed by atoms with Gasteiger partial charge in [0.2, 0.25) is 0 Å². The summed E-state index contributed by atoms with van der Waals surface area (Å²) >= 11 is 0. The molecule has 6 rings (SSSR count). The topological polar surface area (TPSA) is 155 Å². The van der Waals surface area contributed by atoms with Gasteiger partial charge in [-0.25, -0.2) is 4.79 Å². The predicted molar refractivity (Wildman–Crippen MR) is 143 cm³/mol. The van der Waals surface area contributed by atoms with E-state index in [1.165, 1.54) is 12.1 Å². The number of hydrogen-bond acceptors (Lipinski definition) is 5. The largest absolute Gasteiger partial charge is 0.478 e. The minimum atomic E-state index is -4.31. The number of nitrogens with zero attached hydrogens (tertiary/aromatic N) is 1. The Kier molecular flexibility index (Phi) is 7.28. The van der Waals surface area contributed by atoms with Gasteiger partial charge in [0, 0.05) is 38.7 Å². The molecule has 2 fully saturated rings. The highest BCUT2D eigenvalue weighted by Crippen LogP contribution is 2.38. The molecule has 2 aromatic heterocycles. The Morgan fingerprint density at radius 1 is 0.925 bits per heavy atom. The summed E-state index contributed by atoms with van der Waals surface area (Å²) in [5.74, 6) is -3.71. The molecule has 9 nitrogen and oxygen atoms in total. The standard InChI is InChI=1S/C28H29F3N4O5/c29-28(30,31)13-6-8-15(9-7-13)34-26(38)18-12-19(27(39)40)22(23(32)33-14-4-2-1-3-5-14)21-17-11-10-16(20(18)21)24(36)35-25(17)37/h10-15H,1-9H2,(H2,32,33)(H,34,38)(H,39,40)(H,35,36,37). The number of halogens is 3. The lowest BCUT2D eigenvalue weighted by molar-refractivity contribution is -0.182. The molecule has 0 aliphatic heterocycles. The van der Waals surface area contributed by atoms with Gasteiger partial charge in [-0.3, -0.25) is 24.4 Å². The van der Waals surface area contributed by atoms with Gasteiger partial charge in [-0.2, -0.15) is 13.2 Å². The number of fused-ring (bicyclic) bond motifs is 3. The number of hydrogen-bond donors (Lipinski definition) is 4. The number of aromatic nitrogens is 1. The van der Waals surface area contributed by atoms with Crippen LogP contribution in [0.2, 0.25) is 0 Å². The van der Waals surface area contributed by atoms with Gasteiger partial charge in [0.15, 0.2) is 0 Å². The first kappa shape index (κ1) is 27.6. The molecule has 4 aromatic rings. The van der Waals surface area contributed by atoms with Crippen molar-refractivity contribution in [3.05, 3.63) is 55.6 Å². The number of nitrogens with one attached hydrogen (secondary N) is 2. The summed E-state index contributed by atoms with van der Waals surface area (Å²) in [4.78, 5) is 58.7. The normalized spacial score (nSPS) is 21.1. The molecule has 5 N–H and O–H groups in total. The molecule has 0 radical (unpaired) electrons. The summed E-state index contributed by atoms with van der Waals surface area (Å²) < 4.78 is 39.3. The molecule has 40 heavy (non-hydrogen) atoms. The zero-order valence-electron chi connectivity index (χ0n) is 21.6. The molecule has 2 saturated carbocycles. The van der Waals surface area contributed by atoms with E-state index in [1.807, 2.05) is 0 Å². The maximum absolute atomic E-state index is 13.6. The number of carbonyl (C=O) groups excluding carboxylic acids is 1. The lowest BCUT2D eigenvalue weighted by Gasteiger charge is -2.30. The number of H-pyrrole nitrogens is 1. The van der Waals surface area contributed by atoms with E-state index in [4.69, 9.17) is 5.73 Å². The molecule has 2 aliphatic rings. The van der Waals surface area contributed by atoms with Gasteiger partial charge in [-0.15, -0.1) is 0 Å². The van der Waals surface area contributed by atoms with E-state index in [0.717, 1.165) is 38.2 Å². The van der Waals surface area contributed by atoms with Gasteiger partial charge in [0.25, 0.3) is 17.0 Å². The number of carboxylic acids is 1. The van der Waals surface area contributed by atoms with Crippen LogP contribution in [0.5, 0.6) is 0 Å². The van der Waals surface area contributed by atoms with Crippen molar-refractivity contribution in [2.24, 2.45) is 16.6 Å². The van der Waals surface area contributed by atoms with Crippen molar-refractivity contribution < 1.29 is 27.9 Å². The number of aromatic carboxylic acids is 1. The quantitative estimate of drug-likeness (QED) is 0.273. The smallest absolute Gasteiger partial charge is 0.391 e. The van der Waals surface area contributed by atoms with Crippen LogP contribution in [-0.4, -0.2) is 46.1 Å². The average Bonchev–Trinajstić information content (AvgIpc) is 3.11. The monoisotopic (exact) mass is 558 g/mol. The van der Waals surface area contributed by atoms with Gasteiger partial charge >= 0.3 is 12.1 Å². The number of carbonyl (C=O) groups is 2. The first-order chi connectivity index (χ1) is 19.0. The Morgan fingerprint density at radius 3 is 2.10 bits per heavy atom. The second kappa shape index (κ2) is 10.5. The summed E-state index contributed by atoms with van der Waals surface area (Å²) in [7, 11) is 0. The Balaban J connectivity index is 1.67. The van der Waals surface area contributed by atoms with Crippen molar-refractivity contribution in [2.45, 2.75) is 76.0 Å². The van der Waals surface area contributed by atoms with E-state index in [9.17, 15) is 37.5 Å². The van der Waals surface area contributed by atoms with Gasteiger partial charge in [-0.1, -0.05) is 19.3 Å². The molecule has 12 heteroatoms. The summed E-state index contributed by atoms with van der Waals surface area (Å²) in [5.41, 5.74) is 4.27.